The number of hydrogen-bond donors (Lipinski definition) is 2. The molecule has 1 saturated heterocycles. The maximum absolute atomic E-state index is 6.09. The van der Waals surface area contributed by atoms with Crippen LogP contribution in [0.4, 0.5) is 0 Å². The Morgan fingerprint density at radius 2 is 2.07 bits per heavy atom. The summed E-state index contributed by atoms with van der Waals surface area (Å²) in [5.41, 5.74) is 2.41. The van der Waals surface area contributed by atoms with Gasteiger partial charge in [-0.25, -0.2) is 4.98 Å². The Labute approximate surface area is 166 Å². The van der Waals surface area contributed by atoms with Crippen molar-refractivity contribution in [3.63, 3.8) is 0 Å². The van der Waals surface area contributed by atoms with E-state index in [-0.39, 0.29) is 6.10 Å². The average molecular weight is 387 g/mol. The quantitative estimate of drug-likeness (QED) is 0.588. The summed E-state index contributed by atoms with van der Waals surface area (Å²) >= 11 is 1.78. The van der Waals surface area contributed by atoms with Gasteiger partial charge >= 0.3 is 0 Å². The first kappa shape index (κ1) is 19.8. The van der Waals surface area contributed by atoms with Crippen molar-refractivity contribution in [3.8, 4) is 0 Å². The van der Waals surface area contributed by atoms with Crippen LogP contribution in [0.1, 0.15) is 40.1 Å². The summed E-state index contributed by atoms with van der Waals surface area (Å²) in [6.45, 7) is 6.72. The van der Waals surface area contributed by atoms with E-state index in [0.717, 1.165) is 44.2 Å². The van der Waals surface area contributed by atoms with Crippen molar-refractivity contribution in [1.82, 2.24) is 15.6 Å². The van der Waals surface area contributed by atoms with Gasteiger partial charge in [0.1, 0.15) is 0 Å². The molecule has 0 amide bonds. The van der Waals surface area contributed by atoms with Gasteiger partial charge in [-0.15, -0.1) is 11.3 Å². The van der Waals surface area contributed by atoms with Crippen molar-refractivity contribution in [2.75, 3.05) is 26.7 Å². The molecular weight excluding hydrogens is 356 g/mol. The largest absolute Gasteiger partial charge is 0.373 e. The smallest absolute Gasteiger partial charge is 0.191 e. The molecule has 3 rings (SSSR count). The number of benzene rings is 1. The fourth-order valence-electron chi connectivity index (χ4n) is 3.45. The maximum Gasteiger partial charge on any atom is 0.191 e. The van der Waals surface area contributed by atoms with Crippen LogP contribution in [0.15, 0.2) is 35.3 Å². The van der Waals surface area contributed by atoms with Crippen molar-refractivity contribution >= 4 is 17.3 Å². The fraction of sp³-hybridized carbons (Fsp3) is 0.524. The van der Waals surface area contributed by atoms with Crippen LogP contribution in [0, 0.1) is 19.8 Å². The molecule has 2 heterocycles. The SMILES string of the molecule is CN=C(NCCc1nc(C)c(C)s1)NCC1CCCOC1c1ccccc1. The first-order chi connectivity index (χ1) is 13.2. The topological polar surface area (TPSA) is 58.5 Å². The number of aryl methyl sites for hydroxylation is 2. The lowest BCUT2D eigenvalue weighted by Crippen LogP contribution is -2.42. The summed E-state index contributed by atoms with van der Waals surface area (Å²) in [6.07, 6.45) is 3.36. The molecule has 0 spiro atoms. The lowest BCUT2D eigenvalue weighted by Gasteiger charge is -2.32. The highest BCUT2D eigenvalue weighted by atomic mass is 32.1. The number of nitrogens with one attached hydrogen (secondary N) is 2. The highest BCUT2D eigenvalue weighted by molar-refractivity contribution is 7.11. The van der Waals surface area contributed by atoms with E-state index in [1.54, 1.807) is 11.3 Å². The molecule has 146 valence electrons. The van der Waals surface area contributed by atoms with Crippen molar-refractivity contribution in [2.45, 2.75) is 39.2 Å². The van der Waals surface area contributed by atoms with Gasteiger partial charge < -0.3 is 15.4 Å². The summed E-state index contributed by atoms with van der Waals surface area (Å²) in [7, 11) is 1.82. The third-order valence-corrected chi connectivity index (χ3v) is 6.16. The van der Waals surface area contributed by atoms with Crippen molar-refractivity contribution in [2.24, 2.45) is 10.9 Å². The number of guanidine groups is 1. The van der Waals surface area contributed by atoms with Crippen molar-refractivity contribution in [3.05, 3.63) is 51.5 Å². The Bertz CT molecular complexity index is 724. The second-order valence-corrected chi connectivity index (χ2v) is 8.27. The number of thiazole rings is 1. The second kappa shape index (κ2) is 9.85. The van der Waals surface area contributed by atoms with Gasteiger partial charge in [0.15, 0.2) is 5.96 Å². The zero-order chi connectivity index (χ0) is 19.1. The zero-order valence-corrected chi connectivity index (χ0v) is 17.3. The minimum atomic E-state index is 0.159. The van der Waals surface area contributed by atoms with Gasteiger partial charge in [-0.2, -0.15) is 0 Å². The van der Waals surface area contributed by atoms with Crippen molar-refractivity contribution < 1.29 is 4.74 Å². The number of hydrogen-bond acceptors (Lipinski definition) is 4. The minimum absolute atomic E-state index is 0.159. The Hall–Kier alpha value is -1.92. The molecule has 0 aliphatic carbocycles. The Morgan fingerprint density at radius 1 is 1.26 bits per heavy atom. The lowest BCUT2D eigenvalue weighted by atomic mass is 9.89. The van der Waals surface area contributed by atoms with Crippen LogP contribution in [0.3, 0.4) is 0 Å². The molecule has 1 aliphatic rings. The Morgan fingerprint density at radius 3 is 2.78 bits per heavy atom. The van der Waals surface area contributed by atoms with Gasteiger partial charge in [0.2, 0.25) is 0 Å². The van der Waals surface area contributed by atoms with E-state index in [0.29, 0.717) is 5.92 Å². The van der Waals surface area contributed by atoms with Gasteiger partial charge in [0.05, 0.1) is 16.8 Å². The van der Waals surface area contributed by atoms with Crippen LogP contribution in [0.5, 0.6) is 0 Å². The molecule has 2 aromatic rings. The van der Waals surface area contributed by atoms with Crippen molar-refractivity contribution in [1.29, 1.82) is 0 Å². The number of nitrogens with zero attached hydrogens (tertiary/aromatic N) is 2. The average Bonchev–Trinajstić information content (AvgIpc) is 3.03. The van der Waals surface area contributed by atoms with E-state index in [1.165, 1.54) is 21.9 Å². The first-order valence-corrected chi connectivity index (χ1v) is 10.5. The standard InChI is InChI=1S/C21H30N4OS/c1-15-16(2)27-19(25-15)11-12-23-21(22-3)24-14-18-10-7-13-26-20(18)17-8-5-4-6-9-17/h4-6,8-9,18,20H,7,10-14H2,1-3H3,(H2,22,23,24). The van der Waals surface area contributed by atoms with Crippen LogP contribution in [-0.4, -0.2) is 37.7 Å². The van der Waals surface area contributed by atoms with E-state index in [9.17, 15) is 0 Å². The van der Waals surface area contributed by atoms with Crippen LogP contribution >= 0.6 is 11.3 Å². The molecule has 0 saturated carbocycles. The van der Waals surface area contributed by atoms with Crippen LogP contribution in [-0.2, 0) is 11.2 Å². The van der Waals surface area contributed by atoms with Gasteiger partial charge in [-0.05, 0) is 32.3 Å². The molecule has 2 atom stereocenters. The number of aromatic nitrogens is 1. The fourth-order valence-corrected chi connectivity index (χ4v) is 4.38. The molecule has 0 bridgehead atoms. The Kier molecular flexibility index (Phi) is 7.24. The lowest BCUT2D eigenvalue weighted by molar-refractivity contribution is -0.0265. The number of rotatable bonds is 6. The molecule has 1 aliphatic heterocycles. The second-order valence-electron chi connectivity index (χ2n) is 6.98. The summed E-state index contributed by atoms with van der Waals surface area (Å²) in [5, 5.41) is 8.07. The zero-order valence-electron chi connectivity index (χ0n) is 16.5. The van der Waals surface area contributed by atoms with E-state index in [2.05, 4.69) is 64.8 Å². The molecule has 27 heavy (non-hydrogen) atoms. The van der Waals surface area contributed by atoms with E-state index in [1.807, 2.05) is 7.05 Å². The molecule has 1 fully saturated rings. The first-order valence-electron chi connectivity index (χ1n) is 9.71. The summed E-state index contributed by atoms with van der Waals surface area (Å²) in [6, 6.07) is 10.5. The molecule has 1 aromatic carbocycles. The highest BCUT2D eigenvalue weighted by Gasteiger charge is 2.27. The van der Waals surface area contributed by atoms with Gasteiger partial charge in [-0.3, -0.25) is 4.99 Å². The number of ether oxygens (including phenoxy) is 1. The summed E-state index contributed by atoms with van der Waals surface area (Å²) < 4.78 is 6.09. The predicted octanol–water partition coefficient (Wildman–Crippen LogP) is 3.64. The summed E-state index contributed by atoms with van der Waals surface area (Å²) in [5.74, 6) is 1.29. The molecule has 5 nitrogen and oxygen atoms in total. The minimum Gasteiger partial charge on any atom is -0.373 e. The highest BCUT2D eigenvalue weighted by Crippen LogP contribution is 2.33. The normalized spacial score (nSPS) is 20.5. The third kappa shape index (κ3) is 5.53. The molecule has 0 radical (unpaired) electrons. The molecule has 2 unspecified atom stereocenters. The molecule has 2 N–H and O–H groups in total. The van der Waals surface area contributed by atoms with Crippen LogP contribution < -0.4 is 10.6 Å². The predicted molar refractivity (Wildman–Crippen MR) is 113 cm³/mol. The van der Waals surface area contributed by atoms with E-state index >= 15 is 0 Å². The van der Waals surface area contributed by atoms with Crippen LogP contribution in [0.2, 0.25) is 0 Å². The van der Waals surface area contributed by atoms with Gasteiger partial charge in [0, 0.05) is 44.0 Å². The molecular formula is C21H30N4OS. The van der Waals surface area contributed by atoms with Gasteiger partial charge in [-0.1, -0.05) is 30.3 Å². The van der Waals surface area contributed by atoms with Gasteiger partial charge in [0.25, 0.3) is 0 Å². The monoisotopic (exact) mass is 386 g/mol. The molecule has 1 aromatic heterocycles. The molecule has 6 heteroatoms. The maximum atomic E-state index is 6.09. The van der Waals surface area contributed by atoms with E-state index in [4.69, 9.17) is 4.74 Å². The number of aliphatic imine (C=N–C) groups is 1. The van der Waals surface area contributed by atoms with Crippen LogP contribution in [0.25, 0.3) is 0 Å². The Balaban J connectivity index is 1.49. The summed E-state index contributed by atoms with van der Waals surface area (Å²) in [4.78, 5) is 10.3. The van der Waals surface area contributed by atoms with E-state index < -0.39 is 0 Å². The third-order valence-electron chi connectivity index (χ3n) is 5.03.